The van der Waals surface area contributed by atoms with Gasteiger partial charge in [-0.2, -0.15) is 13.2 Å². The minimum absolute atomic E-state index is 0.184. The van der Waals surface area contributed by atoms with E-state index in [1.54, 1.807) is 0 Å². The van der Waals surface area contributed by atoms with Gasteiger partial charge in [0.2, 0.25) is 5.43 Å². The van der Waals surface area contributed by atoms with Crippen molar-refractivity contribution in [3.63, 3.8) is 0 Å². The highest BCUT2D eigenvalue weighted by Crippen LogP contribution is 2.42. The highest BCUT2D eigenvalue weighted by atomic mass is 19.4. The fraction of sp³-hybridized carbons (Fsp3) is 0.500. The molecule has 1 aromatic carbocycles. The summed E-state index contributed by atoms with van der Waals surface area (Å²) in [5.74, 6) is -4.43. The van der Waals surface area contributed by atoms with Crippen LogP contribution in [-0.2, 0) is 11.3 Å². The number of anilines is 1. The first kappa shape index (κ1) is 24.0. The number of pyridine rings is 1. The number of carboxylic acids is 2. The normalized spacial score (nSPS) is 20.3. The van der Waals surface area contributed by atoms with Crippen LogP contribution in [0.3, 0.4) is 0 Å². The lowest BCUT2D eigenvalue weighted by molar-refractivity contribution is -0.192. The van der Waals surface area contributed by atoms with Crippen LogP contribution in [0.5, 0.6) is 0 Å². The van der Waals surface area contributed by atoms with Crippen LogP contribution in [0.1, 0.15) is 47.6 Å². The molecule has 2 fully saturated rings. The van der Waals surface area contributed by atoms with Crippen molar-refractivity contribution >= 4 is 28.5 Å². The number of hydrogen-bond donors (Lipinski definition) is 2. The van der Waals surface area contributed by atoms with E-state index in [9.17, 15) is 27.9 Å². The molecule has 0 amide bonds. The topological polar surface area (TPSA) is 103 Å². The van der Waals surface area contributed by atoms with Crippen molar-refractivity contribution in [2.45, 2.75) is 50.5 Å². The Bertz CT molecular complexity index is 1220. The predicted octanol–water partition coefficient (Wildman–Crippen LogP) is 3.22. The van der Waals surface area contributed by atoms with E-state index in [-0.39, 0.29) is 23.0 Å². The molecule has 3 aliphatic rings. The number of nitrogens with zero attached hydrogens (tertiary/aromatic N) is 3. The second-order valence-electron chi connectivity index (χ2n) is 8.89. The first-order valence-electron chi connectivity index (χ1n) is 10.8. The Labute approximate surface area is 191 Å². The van der Waals surface area contributed by atoms with Crippen molar-refractivity contribution in [3.8, 4) is 0 Å². The zero-order valence-corrected chi connectivity index (χ0v) is 18.2. The van der Waals surface area contributed by atoms with E-state index in [1.807, 2.05) is 11.6 Å². The quantitative estimate of drug-likeness (QED) is 0.630. The van der Waals surface area contributed by atoms with Crippen LogP contribution in [0.4, 0.5) is 23.2 Å². The minimum atomic E-state index is -5.08. The molecule has 1 unspecified atom stereocenters. The number of aliphatic carboxylic acids is 1. The number of fused-ring (bicyclic) bond motifs is 5. The molecule has 0 radical (unpaired) electrons. The number of carboxylic acid groups (broad SMARTS) is 2. The summed E-state index contributed by atoms with van der Waals surface area (Å²) >= 11 is 0. The van der Waals surface area contributed by atoms with Crippen LogP contribution in [-0.4, -0.2) is 64.0 Å². The number of aromatic carboxylic acids is 1. The van der Waals surface area contributed by atoms with E-state index in [0.29, 0.717) is 17.7 Å². The van der Waals surface area contributed by atoms with Crippen molar-refractivity contribution < 1.29 is 37.4 Å². The van der Waals surface area contributed by atoms with Crippen LogP contribution in [0.25, 0.3) is 10.9 Å². The molecule has 2 N–H and O–H groups in total. The molecule has 3 heterocycles. The van der Waals surface area contributed by atoms with Gasteiger partial charge in [-0.3, -0.25) is 9.69 Å². The summed E-state index contributed by atoms with van der Waals surface area (Å²) in [4.78, 5) is 37.6. The van der Waals surface area contributed by atoms with Gasteiger partial charge in [-0.05, 0) is 38.8 Å². The second-order valence-corrected chi connectivity index (χ2v) is 8.89. The van der Waals surface area contributed by atoms with Gasteiger partial charge in [-0.25, -0.2) is 14.0 Å². The molecule has 2 aliphatic heterocycles. The Morgan fingerprint density at radius 3 is 2.32 bits per heavy atom. The number of alkyl halides is 3. The minimum Gasteiger partial charge on any atom is -0.477 e. The van der Waals surface area contributed by atoms with Gasteiger partial charge in [0.15, 0.2) is 0 Å². The number of benzene rings is 1. The van der Waals surface area contributed by atoms with E-state index < -0.39 is 29.4 Å². The lowest BCUT2D eigenvalue weighted by Gasteiger charge is -2.27. The number of hydrogen-bond acceptors (Lipinski definition) is 5. The third-order valence-corrected chi connectivity index (χ3v) is 6.37. The Kier molecular flexibility index (Phi) is 6.05. The van der Waals surface area contributed by atoms with Gasteiger partial charge < -0.3 is 19.7 Å². The van der Waals surface area contributed by atoms with Crippen molar-refractivity contribution in [2.24, 2.45) is 0 Å². The Morgan fingerprint density at radius 1 is 1.12 bits per heavy atom. The Hall–Kier alpha value is -3.15. The summed E-state index contributed by atoms with van der Waals surface area (Å²) in [5.41, 5.74) is 1.25. The van der Waals surface area contributed by atoms with Crippen LogP contribution >= 0.6 is 0 Å². The van der Waals surface area contributed by atoms with Gasteiger partial charge in [0.25, 0.3) is 0 Å². The molecule has 184 valence electrons. The zero-order chi connectivity index (χ0) is 24.9. The van der Waals surface area contributed by atoms with Crippen LogP contribution in [0, 0.1) is 5.82 Å². The maximum Gasteiger partial charge on any atom is 0.490 e. The molecule has 12 heteroatoms. The van der Waals surface area contributed by atoms with Gasteiger partial charge >= 0.3 is 18.1 Å². The highest BCUT2D eigenvalue weighted by molar-refractivity contribution is 5.95. The summed E-state index contributed by atoms with van der Waals surface area (Å²) in [6.07, 6.45) is 0.351. The van der Waals surface area contributed by atoms with Crippen LogP contribution < -0.4 is 10.3 Å². The molecule has 0 bridgehead atoms. The van der Waals surface area contributed by atoms with E-state index in [1.165, 1.54) is 12.3 Å². The molecule has 2 aromatic rings. The first-order valence-corrected chi connectivity index (χ1v) is 10.8. The lowest BCUT2D eigenvalue weighted by atomic mass is 10.0. The fourth-order valence-electron chi connectivity index (χ4n) is 4.83. The maximum atomic E-state index is 15.3. The molecule has 5 rings (SSSR count). The van der Waals surface area contributed by atoms with E-state index in [0.717, 1.165) is 44.3 Å². The number of likely N-dealkylation sites (N-methyl/N-ethyl adjacent to an activating group) is 1. The lowest BCUT2D eigenvalue weighted by Crippen LogP contribution is -2.36. The van der Waals surface area contributed by atoms with Crippen molar-refractivity contribution in [1.29, 1.82) is 0 Å². The van der Waals surface area contributed by atoms with Crippen LogP contribution in [0.15, 0.2) is 17.1 Å². The number of rotatable bonds is 2. The zero-order valence-electron chi connectivity index (χ0n) is 18.2. The standard InChI is InChI=1S/C20H22FN3O3.C2HF3O2/c1-22-8-12-3-2-6-23(12)18-14(9-22)17-13(7-16(18)21)19(25)15(20(26)27)10-24(17)11-4-5-11;3-2(4,5)1(6)7/h7,10-12H,2-6,8-9H2,1H3,(H,26,27);(H,6,7). The van der Waals surface area contributed by atoms with Crippen molar-refractivity contribution in [2.75, 3.05) is 25.0 Å². The van der Waals surface area contributed by atoms with Crippen molar-refractivity contribution in [3.05, 3.63) is 39.4 Å². The monoisotopic (exact) mass is 485 g/mol. The Balaban J connectivity index is 0.000000344. The molecule has 0 spiro atoms. The molecule has 1 atom stereocenters. The third-order valence-electron chi connectivity index (χ3n) is 6.37. The van der Waals surface area contributed by atoms with E-state index in [4.69, 9.17) is 9.90 Å². The first-order chi connectivity index (χ1) is 15.9. The summed E-state index contributed by atoms with van der Waals surface area (Å²) in [5, 5.41) is 16.8. The third kappa shape index (κ3) is 4.33. The smallest absolute Gasteiger partial charge is 0.477 e. The second kappa shape index (κ2) is 8.57. The average Bonchev–Trinajstić information content (AvgIpc) is 3.50. The molecule has 1 saturated heterocycles. The van der Waals surface area contributed by atoms with Gasteiger partial charge in [0.05, 0.1) is 11.2 Å². The Morgan fingerprint density at radius 2 is 1.76 bits per heavy atom. The predicted molar refractivity (Wildman–Crippen MR) is 114 cm³/mol. The summed E-state index contributed by atoms with van der Waals surface area (Å²) in [6, 6.07) is 1.73. The van der Waals surface area contributed by atoms with Gasteiger partial charge in [0, 0.05) is 48.9 Å². The maximum absolute atomic E-state index is 15.3. The van der Waals surface area contributed by atoms with Crippen molar-refractivity contribution in [1.82, 2.24) is 9.47 Å². The van der Waals surface area contributed by atoms with Gasteiger partial charge in [0.1, 0.15) is 11.4 Å². The SMILES string of the molecule is CN1Cc2c(c(F)cc3c(=O)c(C(=O)O)cn(C4CC4)c23)N2CCCC2C1.O=C(O)C(F)(F)F. The molecular weight excluding hydrogens is 462 g/mol. The number of halogens is 4. The molecule has 8 nitrogen and oxygen atoms in total. The highest BCUT2D eigenvalue weighted by Gasteiger charge is 2.38. The summed E-state index contributed by atoms with van der Waals surface area (Å²) in [6.45, 7) is 2.22. The van der Waals surface area contributed by atoms with Gasteiger partial charge in [-0.15, -0.1) is 0 Å². The van der Waals surface area contributed by atoms with Gasteiger partial charge in [-0.1, -0.05) is 0 Å². The molecule has 1 aromatic heterocycles. The summed E-state index contributed by atoms with van der Waals surface area (Å²) in [7, 11) is 2.02. The van der Waals surface area contributed by atoms with Crippen LogP contribution in [0.2, 0.25) is 0 Å². The largest absolute Gasteiger partial charge is 0.490 e. The molecule has 1 aliphatic carbocycles. The van der Waals surface area contributed by atoms with E-state index >= 15 is 4.39 Å². The molecular formula is C22H23F4N3O5. The number of aromatic nitrogens is 1. The molecule has 1 saturated carbocycles. The average molecular weight is 485 g/mol. The summed E-state index contributed by atoms with van der Waals surface area (Å²) < 4.78 is 48.9. The number of carbonyl (C=O) groups is 2. The van der Waals surface area contributed by atoms with E-state index in [2.05, 4.69) is 9.80 Å². The molecule has 34 heavy (non-hydrogen) atoms. The fourth-order valence-corrected chi connectivity index (χ4v) is 4.83.